The summed E-state index contributed by atoms with van der Waals surface area (Å²) in [6.07, 6.45) is 0. The molecule has 47 heavy (non-hydrogen) atoms. The molecule has 14 radical (unpaired) electrons. The first-order valence-electron chi connectivity index (χ1n) is 15.2. The minimum absolute atomic E-state index is 0.148. The third-order valence-corrected chi connectivity index (χ3v) is 9.33. The zero-order valence-electron chi connectivity index (χ0n) is 25.7. The second kappa shape index (κ2) is 10.9. The van der Waals surface area contributed by atoms with Gasteiger partial charge in [0.2, 0.25) is 0 Å². The van der Waals surface area contributed by atoms with Crippen LogP contribution in [-0.4, -0.2) is 64.5 Å². The number of para-hydroxylation sites is 2. The summed E-state index contributed by atoms with van der Waals surface area (Å²) in [5.41, 5.74) is 8.13. The zero-order valence-corrected chi connectivity index (χ0v) is 25.7. The van der Waals surface area contributed by atoms with Crippen molar-refractivity contribution in [3.05, 3.63) is 103 Å². The Morgan fingerprint density at radius 3 is 1.60 bits per heavy atom. The lowest BCUT2D eigenvalue weighted by Crippen LogP contribution is -2.52. The van der Waals surface area contributed by atoms with Crippen LogP contribution in [0.1, 0.15) is 5.82 Å². The number of nitrogens with zero attached hydrogens (tertiary/aromatic N) is 2. The standard InChI is InChI=1S/C38H19B7N2/c1-18-46-25-15-6-7-16-26(25)47(18)20-10-8-9-19(17-20)27-21-11-2-4-13-23(21)28(24-14-5-3-12-22(24)27)29-32(39)30-31(34(41)33(29)40)36(43)38(45)37(44)35(30)42/h2-17H,1H3. The quantitative estimate of drug-likeness (QED) is 0.230. The predicted molar refractivity (Wildman–Crippen MR) is 207 cm³/mol. The first-order valence-corrected chi connectivity index (χ1v) is 15.2. The molecule has 202 valence electrons. The summed E-state index contributed by atoms with van der Waals surface area (Å²) in [6.45, 7) is 2.03. The van der Waals surface area contributed by atoms with Gasteiger partial charge in [-0.15, -0.1) is 10.9 Å². The van der Waals surface area contributed by atoms with Crippen LogP contribution in [-0.2, 0) is 0 Å². The molecule has 0 fully saturated rings. The van der Waals surface area contributed by atoms with Crippen molar-refractivity contribution in [2.75, 3.05) is 0 Å². The molecule has 0 aliphatic heterocycles. The van der Waals surface area contributed by atoms with Crippen molar-refractivity contribution in [3.63, 3.8) is 0 Å². The summed E-state index contributed by atoms with van der Waals surface area (Å²) in [4.78, 5) is 4.80. The van der Waals surface area contributed by atoms with E-state index >= 15 is 0 Å². The van der Waals surface area contributed by atoms with Gasteiger partial charge in [-0.05, 0) is 85.8 Å². The molecule has 1 aromatic heterocycles. The largest absolute Gasteiger partial charge is 0.297 e. The maximum Gasteiger partial charge on any atom is 0.115 e. The molecule has 8 rings (SSSR count). The first-order chi connectivity index (χ1) is 22.7. The number of benzene rings is 7. The topological polar surface area (TPSA) is 17.8 Å². The molecule has 0 unspecified atom stereocenters. The summed E-state index contributed by atoms with van der Waals surface area (Å²) in [5, 5.41) is 4.77. The molecular formula is C38H19B7N2. The van der Waals surface area contributed by atoms with Crippen molar-refractivity contribution in [2.24, 2.45) is 0 Å². The van der Waals surface area contributed by atoms with E-state index in [2.05, 4.69) is 59.2 Å². The number of hydrogen-bond acceptors (Lipinski definition) is 1. The summed E-state index contributed by atoms with van der Waals surface area (Å²) in [7, 11) is 46.0. The zero-order chi connectivity index (χ0) is 32.7. The minimum Gasteiger partial charge on any atom is -0.297 e. The van der Waals surface area contributed by atoms with Gasteiger partial charge >= 0.3 is 0 Å². The van der Waals surface area contributed by atoms with Crippen LogP contribution in [0.2, 0.25) is 0 Å². The van der Waals surface area contributed by atoms with Crippen molar-refractivity contribution in [1.82, 2.24) is 9.55 Å². The van der Waals surface area contributed by atoms with E-state index in [1.807, 2.05) is 49.4 Å². The van der Waals surface area contributed by atoms with Crippen molar-refractivity contribution in [3.8, 4) is 27.9 Å². The molecule has 0 spiro atoms. The van der Waals surface area contributed by atoms with E-state index in [-0.39, 0.29) is 32.8 Å². The highest BCUT2D eigenvalue weighted by Crippen LogP contribution is 2.43. The highest BCUT2D eigenvalue weighted by Gasteiger charge is 2.23. The SMILES string of the molecule is [B]c1c([B])c([B])c2c([B])c(-c3c4ccccc4c(-c4cccc(-n5c(C)nc6ccccc65)c4)c4ccccc34)c([B])c([B])c2c1[B]. The molecule has 0 aliphatic carbocycles. The fourth-order valence-corrected chi connectivity index (χ4v) is 7.18. The maximum atomic E-state index is 7.00. The van der Waals surface area contributed by atoms with Crippen LogP contribution in [0.3, 0.4) is 0 Å². The lowest BCUT2D eigenvalue weighted by molar-refractivity contribution is 1.00. The minimum atomic E-state index is 0.148. The predicted octanol–water partition coefficient (Wildman–Crippen LogP) is 1.68. The fraction of sp³-hybridized carbons (Fsp3) is 0.0263. The van der Waals surface area contributed by atoms with Gasteiger partial charge in [0.15, 0.2) is 0 Å². The summed E-state index contributed by atoms with van der Waals surface area (Å²) in [6, 6.07) is 33.2. The van der Waals surface area contributed by atoms with E-state index in [0.717, 1.165) is 60.8 Å². The summed E-state index contributed by atoms with van der Waals surface area (Å²) < 4.78 is 2.19. The molecule has 0 saturated carbocycles. The van der Waals surface area contributed by atoms with E-state index in [9.17, 15) is 0 Å². The Kier molecular flexibility index (Phi) is 6.88. The molecule has 0 amide bonds. The number of imidazole rings is 1. The van der Waals surface area contributed by atoms with Gasteiger partial charge in [0.1, 0.15) is 60.7 Å². The van der Waals surface area contributed by atoms with E-state index in [4.69, 9.17) is 59.9 Å². The number of fused-ring (bicyclic) bond motifs is 4. The Morgan fingerprint density at radius 2 is 0.979 bits per heavy atom. The fourth-order valence-electron chi connectivity index (χ4n) is 7.18. The summed E-state index contributed by atoms with van der Waals surface area (Å²) in [5.74, 6) is 0.913. The molecule has 0 atom stereocenters. The highest BCUT2D eigenvalue weighted by molar-refractivity contribution is 6.72. The molecule has 9 heteroatoms. The number of rotatable bonds is 3. The van der Waals surface area contributed by atoms with Crippen molar-refractivity contribution in [1.29, 1.82) is 0 Å². The van der Waals surface area contributed by atoms with Crippen LogP contribution in [0.5, 0.6) is 0 Å². The van der Waals surface area contributed by atoms with Crippen molar-refractivity contribution >= 4 is 137 Å². The van der Waals surface area contributed by atoms with E-state index in [0.29, 0.717) is 21.8 Å². The molecule has 0 saturated heterocycles. The normalized spacial score (nSPS) is 11.7. The molecule has 1 heterocycles. The van der Waals surface area contributed by atoms with Crippen LogP contribution >= 0.6 is 0 Å². The molecule has 0 N–H and O–H groups in total. The second-order valence-corrected chi connectivity index (χ2v) is 11.9. The Bertz CT molecular complexity index is 2570. The molecule has 7 aromatic carbocycles. The van der Waals surface area contributed by atoms with Crippen LogP contribution in [0.25, 0.3) is 71.3 Å². The molecule has 0 bridgehead atoms. The van der Waals surface area contributed by atoms with Gasteiger partial charge in [0, 0.05) is 5.69 Å². The third kappa shape index (κ3) is 4.25. The smallest absolute Gasteiger partial charge is 0.115 e. The van der Waals surface area contributed by atoms with Gasteiger partial charge in [-0.2, -0.15) is 0 Å². The third-order valence-electron chi connectivity index (χ3n) is 9.33. The van der Waals surface area contributed by atoms with Crippen molar-refractivity contribution < 1.29 is 0 Å². The average Bonchev–Trinajstić information content (AvgIpc) is 3.43. The second-order valence-electron chi connectivity index (χ2n) is 11.9. The summed E-state index contributed by atoms with van der Waals surface area (Å²) >= 11 is 0. The Morgan fingerprint density at radius 1 is 0.468 bits per heavy atom. The Hall–Kier alpha value is -4.76. The highest BCUT2D eigenvalue weighted by atomic mass is 15.1. The average molecular weight is 579 g/mol. The van der Waals surface area contributed by atoms with Gasteiger partial charge in [-0.3, -0.25) is 4.57 Å². The van der Waals surface area contributed by atoms with E-state index in [1.54, 1.807) is 0 Å². The number of hydrogen-bond donors (Lipinski definition) is 0. The van der Waals surface area contributed by atoms with Crippen LogP contribution < -0.4 is 38.2 Å². The Labute approximate surface area is 282 Å². The van der Waals surface area contributed by atoms with E-state index in [1.165, 1.54) is 0 Å². The van der Waals surface area contributed by atoms with Crippen LogP contribution in [0, 0.1) is 6.92 Å². The number of aromatic nitrogens is 2. The van der Waals surface area contributed by atoms with Gasteiger partial charge in [0.25, 0.3) is 0 Å². The lowest BCUT2D eigenvalue weighted by Gasteiger charge is -2.27. The van der Waals surface area contributed by atoms with Gasteiger partial charge in [0.05, 0.1) is 11.0 Å². The van der Waals surface area contributed by atoms with Gasteiger partial charge in [-0.25, -0.2) is 4.98 Å². The van der Waals surface area contributed by atoms with Crippen LogP contribution in [0.4, 0.5) is 0 Å². The first kappa shape index (κ1) is 29.6. The molecule has 2 nitrogen and oxygen atoms in total. The monoisotopic (exact) mass is 580 g/mol. The van der Waals surface area contributed by atoms with Gasteiger partial charge < -0.3 is 0 Å². The van der Waals surface area contributed by atoms with Crippen molar-refractivity contribution in [2.45, 2.75) is 6.92 Å². The molecular weight excluding hydrogens is 560 g/mol. The van der Waals surface area contributed by atoms with Crippen LogP contribution in [0.15, 0.2) is 97.1 Å². The Balaban J connectivity index is 1.48. The van der Waals surface area contributed by atoms with E-state index < -0.39 is 0 Å². The number of aryl methyl sites for hydroxylation is 1. The maximum absolute atomic E-state index is 7.00. The lowest BCUT2D eigenvalue weighted by atomic mass is 9.58. The van der Waals surface area contributed by atoms with Gasteiger partial charge in [-0.1, -0.05) is 100 Å². The molecule has 0 aliphatic rings. The molecule has 8 aromatic rings.